The number of hydrogen-bond acceptors (Lipinski definition) is 6. The molecule has 0 fully saturated rings. The van der Waals surface area contributed by atoms with E-state index in [0.29, 0.717) is 41.9 Å². The largest absolute Gasteiger partial charge is 0.494 e. The highest BCUT2D eigenvalue weighted by molar-refractivity contribution is 7.99. The molecule has 7 nitrogen and oxygen atoms in total. The van der Waals surface area contributed by atoms with E-state index in [2.05, 4.69) is 10.2 Å². The molecular weight excluding hydrogens is 455 g/mol. The number of nitrogens with zero attached hydrogens (tertiary/aromatic N) is 4. The lowest BCUT2D eigenvalue weighted by molar-refractivity contribution is -0.128. The molecule has 0 aliphatic heterocycles. The van der Waals surface area contributed by atoms with Crippen LogP contribution in [0.2, 0.25) is 0 Å². The van der Waals surface area contributed by atoms with E-state index >= 15 is 0 Å². The Morgan fingerprint density at radius 1 is 1.12 bits per heavy atom. The number of methoxy groups -OCH3 is 1. The molecule has 0 saturated heterocycles. The average molecular weight is 481 g/mol. The number of carbonyl (C=O) groups is 1. The fraction of sp³-hybridized carbons (Fsp3) is 0.240. The van der Waals surface area contributed by atoms with Crippen LogP contribution in [0.15, 0.2) is 76.5 Å². The van der Waals surface area contributed by atoms with Crippen molar-refractivity contribution in [2.24, 2.45) is 0 Å². The van der Waals surface area contributed by atoms with Gasteiger partial charge in [0.15, 0.2) is 22.5 Å². The van der Waals surface area contributed by atoms with E-state index in [4.69, 9.17) is 9.15 Å². The lowest BCUT2D eigenvalue weighted by atomic mass is 10.2. The van der Waals surface area contributed by atoms with Gasteiger partial charge in [-0.2, -0.15) is 0 Å². The van der Waals surface area contributed by atoms with Crippen molar-refractivity contribution < 1.29 is 18.3 Å². The maximum Gasteiger partial charge on any atom is 0.233 e. The Morgan fingerprint density at radius 2 is 1.94 bits per heavy atom. The van der Waals surface area contributed by atoms with Crippen molar-refractivity contribution in [3.8, 4) is 17.3 Å². The molecule has 0 atom stereocenters. The Bertz CT molecular complexity index is 1230. The molecule has 4 aromatic rings. The third-order valence-corrected chi connectivity index (χ3v) is 6.24. The molecule has 2 aromatic heterocycles. The van der Waals surface area contributed by atoms with E-state index in [-0.39, 0.29) is 17.4 Å². The molecule has 34 heavy (non-hydrogen) atoms. The zero-order valence-corrected chi connectivity index (χ0v) is 19.8. The topological polar surface area (TPSA) is 73.4 Å². The van der Waals surface area contributed by atoms with Gasteiger partial charge in [0.05, 0.1) is 25.7 Å². The maximum atomic E-state index is 14.1. The van der Waals surface area contributed by atoms with Gasteiger partial charge in [-0.15, -0.1) is 10.2 Å². The second-order valence-electron chi connectivity index (χ2n) is 7.52. The van der Waals surface area contributed by atoms with E-state index in [1.54, 1.807) is 29.4 Å². The standard InChI is InChI=1S/C25H25FN4O3S/c1-3-29(15-19-11-12-21(32-2)20(26)14-19)23(31)17-34-25-28-27-24(22-10-7-13-33-22)30(25)16-18-8-5-4-6-9-18/h4-14H,3,15-17H2,1-2H3. The number of aromatic nitrogens is 3. The summed E-state index contributed by atoms with van der Waals surface area (Å²) in [5.74, 6) is 1.05. The van der Waals surface area contributed by atoms with Gasteiger partial charge in [0, 0.05) is 13.1 Å². The number of carbonyl (C=O) groups excluding carboxylic acids is 1. The lowest BCUT2D eigenvalue weighted by Crippen LogP contribution is -2.31. The number of hydrogen-bond donors (Lipinski definition) is 0. The van der Waals surface area contributed by atoms with E-state index < -0.39 is 5.82 Å². The summed E-state index contributed by atoms with van der Waals surface area (Å²) in [4.78, 5) is 14.7. The number of benzene rings is 2. The van der Waals surface area contributed by atoms with Crippen molar-refractivity contribution in [3.05, 3.63) is 83.9 Å². The molecular formula is C25H25FN4O3S. The molecule has 0 radical (unpaired) electrons. The summed E-state index contributed by atoms with van der Waals surface area (Å²) >= 11 is 1.32. The second-order valence-corrected chi connectivity index (χ2v) is 8.46. The predicted molar refractivity (Wildman–Crippen MR) is 128 cm³/mol. The van der Waals surface area contributed by atoms with Crippen molar-refractivity contribution in [2.75, 3.05) is 19.4 Å². The average Bonchev–Trinajstić information content (AvgIpc) is 3.52. The minimum absolute atomic E-state index is 0.0717. The van der Waals surface area contributed by atoms with Crippen LogP contribution in [0.3, 0.4) is 0 Å². The number of furan rings is 1. The van der Waals surface area contributed by atoms with Crippen molar-refractivity contribution in [3.63, 3.8) is 0 Å². The molecule has 0 N–H and O–H groups in total. The SMILES string of the molecule is CCN(Cc1ccc(OC)c(F)c1)C(=O)CSc1nnc(-c2ccco2)n1Cc1ccccc1. The molecule has 0 bridgehead atoms. The van der Waals surface area contributed by atoms with Crippen molar-refractivity contribution in [1.82, 2.24) is 19.7 Å². The zero-order valence-electron chi connectivity index (χ0n) is 19.0. The van der Waals surface area contributed by atoms with Crippen LogP contribution in [0.25, 0.3) is 11.6 Å². The fourth-order valence-electron chi connectivity index (χ4n) is 3.51. The van der Waals surface area contributed by atoms with Gasteiger partial charge in [-0.1, -0.05) is 48.2 Å². The van der Waals surface area contributed by atoms with Gasteiger partial charge in [0.1, 0.15) is 0 Å². The zero-order chi connectivity index (χ0) is 23.9. The molecule has 0 unspecified atom stereocenters. The molecule has 9 heteroatoms. The van der Waals surface area contributed by atoms with Gasteiger partial charge in [0.25, 0.3) is 0 Å². The molecule has 4 rings (SSSR count). The quantitative estimate of drug-likeness (QED) is 0.302. The first kappa shape index (κ1) is 23.6. The van der Waals surface area contributed by atoms with Gasteiger partial charge in [-0.05, 0) is 42.3 Å². The van der Waals surface area contributed by atoms with Crippen LogP contribution >= 0.6 is 11.8 Å². The summed E-state index contributed by atoms with van der Waals surface area (Å²) < 4.78 is 26.5. The first-order chi connectivity index (χ1) is 16.6. The first-order valence-electron chi connectivity index (χ1n) is 10.8. The Hall–Kier alpha value is -3.59. The Kier molecular flexibility index (Phi) is 7.64. The maximum absolute atomic E-state index is 14.1. The van der Waals surface area contributed by atoms with Gasteiger partial charge < -0.3 is 14.1 Å². The number of ether oxygens (including phenoxy) is 1. The lowest BCUT2D eigenvalue weighted by Gasteiger charge is -2.21. The predicted octanol–water partition coefficient (Wildman–Crippen LogP) is 4.87. The van der Waals surface area contributed by atoms with Gasteiger partial charge in [-0.25, -0.2) is 4.39 Å². The van der Waals surface area contributed by atoms with Gasteiger partial charge >= 0.3 is 0 Å². The summed E-state index contributed by atoms with van der Waals surface area (Å²) in [6, 6.07) is 18.3. The van der Waals surface area contributed by atoms with Crippen LogP contribution < -0.4 is 4.74 Å². The third-order valence-electron chi connectivity index (χ3n) is 5.29. The summed E-state index contributed by atoms with van der Waals surface area (Å²) in [7, 11) is 1.42. The Balaban J connectivity index is 1.48. The van der Waals surface area contributed by atoms with Crippen LogP contribution in [-0.2, 0) is 17.9 Å². The monoisotopic (exact) mass is 480 g/mol. The molecule has 0 aliphatic carbocycles. The summed E-state index contributed by atoms with van der Waals surface area (Å²) in [5, 5.41) is 9.25. The smallest absolute Gasteiger partial charge is 0.233 e. The molecule has 2 heterocycles. The highest BCUT2D eigenvalue weighted by Crippen LogP contribution is 2.26. The van der Waals surface area contributed by atoms with Crippen molar-refractivity contribution >= 4 is 17.7 Å². The summed E-state index contributed by atoms with van der Waals surface area (Å²) in [6.45, 7) is 3.25. The molecule has 0 aliphatic rings. The van der Waals surface area contributed by atoms with Crippen LogP contribution in [0.5, 0.6) is 5.75 Å². The minimum atomic E-state index is -0.447. The highest BCUT2D eigenvalue weighted by Gasteiger charge is 2.20. The molecule has 2 aromatic carbocycles. The number of halogens is 1. The van der Waals surface area contributed by atoms with E-state index in [1.165, 1.54) is 24.9 Å². The Labute approximate surface area is 201 Å². The van der Waals surface area contributed by atoms with E-state index in [9.17, 15) is 9.18 Å². The number of amides is 1. The normalized spacial score (nSPS) is 10.9. The number of rotatable bonds is 10. The van der Waals surface area contributed by atoms with Crippen molar-refractivity contribution in [1.29, 1.82) is 0 Å². The first-order valence-corrected chi connectivity index (χ1v) is 11.8. The summed E-state index contributed by atoms with van der Waals surface area (Å²) in [5.41, 5.74) is 1.78. The van der Waals surface area contributed by atoms with Gasteiger partial charge in [0.2, 0.25) is 11.7 Å². The van der Waals surface area contributed by atoms with Crippen LogP contribution in [-0.4, -0.2) is 45.0 Å². The number of thioether (sulfide) groups is 1. The highest BCUT2D eigenvalue weighted by atomic mass is 32.2. The van der Waals surface area contributed by atoms with Crippen LogP contribution in [0.4, 0.5) is 4.39 Å². The third kappa shape index (κ3) is 5.48. The second kappa shape index (κ2) is 11.0. The summed E-state index contributed by atoms with van der Waals surface area (Å²) in [6.07, 6.45) is 1.59. The molecule has 176 valence electrons. The van der Waals surface area contributed by atoms with E-state index in [1.807, 2.05) is 47.9 Å². The van der Waals surface area contributed by atoms with Crippen LogP contribution in [0.1, 0.15) is 18.1 Å². The molecule has 0 saturated carbocycles. The van der Waals surface area contributed by atoms with Crippen LogP contribution in [0, 0.1) is 5.82 Å². The minimum Gasteiger partial charge on any atom is -0.494 e. The van der Waals surface area contributed by atoms with Crippen molar-refractivity contribution in [2.45, 2.75) is 25.2 Å². The fourth-order valence-corrected chi connectivity index (χ4v) is 4.36. The molecule has 0 spiro atoms. The van der Waals surface area contributed by atoms with Gasteiger partial charge in [-0.3, -0.25) is 9.36 Å². The molecule has 1 amide bonds. The Morgan fingerprint density at radius 3 is 2.62 bits per heavy atom. The van der Waals surface area contributed by atoms with E-state index in [0.717, 1.165) is 5.56 Å².